The largest absolute Gasteiger partial charge is 0.480 e. The number of benzene rings is 1. The lowest BCUT2D eigenvalue weighted by atomic mass is 10.1. The van der Waals surface area contributed by atoms with E-state index >= 15 is 0 Å². The van der Waals surface area contributed by atoms with Gasteiger partial charge in [-0.25, -0.2) is 0 Å². The van der Waals surface area contributed by atoms with Gasteiger partial charge in [-0.2, -0.15) is 0 Å². The molecule has 0 spiro atoms. The number of esters is 1. The van der Waals surface area contributed by atoms with Gasteiger partial charge in [-0.1, -0.05) is 11.6 Å². The summed E-state index contributed by atoms with van der Waals surface area (Å²) in [6, 6.07) is 5.21. The monoisotopic (exact) mass is 283 g/mol. The van der Waals surface area contributed by atoms with Crippen LogP contribution in [0.25, 0.3) is 0 Å². The van der Waals surface area contributed by atoms with Crippen LogP contribution >= 0.6 is 11.6 Å². The molecule has 1 aromatic carbocycles. The van der Waals surface area contributed by atoms with Crippen LogP contribution < -0.4 is 10.1 Å². The summed E-state index contributed by atoms with van der Waals surface area (Å²) in [4.78, 5) is 23.0. The number of amides is 1. The molecule has 6 heteroatoms. The summed E-state index contributed by atoms with van der Waals surface area (Å²) in [6.07, 6.45) is -0.173. The molecule has 1 amide bonds. The fraction of sp³-hybridized carbons (Fsp3) is 0.385. The summed E-state index contributed by atoms with van der Waals surface area (Å²) < 4.78 is 10.2. The van der Waals surface area contributed by atoms with Gasteiger partial charge >= 0.3 is 5.97 Å². The highest BCUT2D eigenvalue weighted by Crippen LogP contribution is 2.30. The number of hydrogen-bond donors (Lipinski definition) is 1. The highest BCUT2D eigenvalue weighted by Gasteiger charge is 2.29. The van der Waals surface area contributed by atoms with Crippen molar-refractivity contribution in [3.05, 3.63) is 28.8 Å². The molecule has 0 aromatic heterocycles. The number of carbonyl (C=O) groups excluding carboxylic acids is 2. The normalized spacial score (nSPS) is 16.4. The van der Waals surface area contributed by atoms with Crippen molar-refractivity contribution in [2.24, 2.45) is 0 Å². The Balaban J connectivity index is 1.88. The van der Waals surface area contributed by atoms with E-state index in [1.807, 2.05) is 0 Å². The van der Waals surface area contributed by atoms with Crippen molar-refractivity contribution in [2.75, 3.05) is 13.2 Å². The van der Waals surface area contributed by atoms with Crippen molar-refractivity contribution in [3.8, 4) is 5.75 Å². The molecule has 0 fully saturated rings. The maximum absolute atomic E-state index is 11.8. The quantitative estimate of drug-likeness (QED) is 0.847. The molecular weight excluding hydrogens is 270 g/mol. The molecule has 0 aliphatic carbocycles. The molecule has 1 aliphatic rings. The summed E-state index contributed by atoms with van der Waals surface area (Å²) in [5.41, 5.74) is 0.892. The Hall–Kier alpha value is -1.75. The molecule has 2 rings (SSSR count). The maximum atomic E-state index is 11.8. The SMILES string of the molecule is CCOC(=O)CNC(=O)C1Cc2cc(Cl)ccc2O1. The highest BCUT2D eigenvalue weighted by atomic mass is 35.5. The van der Waals surface area contributed by atoms with E-state index in [0.29, 0.717) is 23.8 Å². The Morgan fingerprint density at radius 3 is 3.05 bits per heavy atom. The summed E-state index contributed by atoms with van der Waals surface area (Å²) in [6.45, 7) is 1.85. The second-order valence-electron chi connectivity index (χ2n) is 4.09. The van der Waals surface area contributed by atoms with E-state index < -0.39 is 12.1 Å². The summed E-state index contributed by atoms with van der Waals surface area (Å²) in [5.74, 6) is -0.143. The number of ether oxygens (including phenoxy) is 2. The molecule has 5 nitrogen and oxygen atoms in total. The number of hydrogen-bond acceptors (Lipinski definition) is 4. The number of nitrogens with one attached hydrogen (secondary N) is 1. The number of carbonyl (C=O) groups is 2. The van der Waals surface area contributed by atoms with E-state index in [4.69, 9.17) is 21.1 Å². The van der Waals surface area contributed by atoms with E-state index in [0.717, 1.165) is 5.56 Å². The van der Waals surface area contributed by atoms with Gasteiger partial charge in [-0.15, -0.1) is 0 Å². The van der Waals surface area contributed by atoms with E-state index in [1.165, 1.54) is 0 Å². The van der Waals surface area contributed by atoms with Crippen molar-refractivity contribution in [3.63, 3.8) is 0 Å². The van der Waals surface area contributed by atoms with Crippen LogP contribution in [0.15, 0.2) is 18.2 Å². The highest BCUT2D eigenvalue weighted by molar-refractivity contribution is 6.30. The van der Waals surface area contributed by atoms with Crippen LogP contribution in [0.3, 0.4) is 0 Å². The molecule has 0 bridgehead atoms. The van der Waals surface area contributed by atoms with Crippen LogP contribution in [0, 0.1) is 0 Å². The molecule has 102 valence electrons. The van der Waals surface area contributed by atoms with Crippen molar-refractivity contribution in [1.29, 1.82) is 0 Å². The fourth-order valence-corrected chi connectivity index (χ4v) is 2.04. The second-order valence-corrected chi connectivity index (χ2v) is 4.52. The topological polar surface area (TPSA) is 64.6 Å². The van der Waals surface area contributed by atoms with E-state index in [2.05, 4.69) is 5.32 Å². The van der Waals surface area contributed by atoms with Gasteiger partial charge < -0.3 is 14.8 Å². The minimum atomic E-state index is -0.622. The molecule has 1 aliphatic heterocycles. The molecule has 1 N–H and O–H groups in total. The van der Waals surface area contributed by atoms with Gasteiger partial charge in [-0.05, 0) is 30.7 Å². The molecule has 0 saturated heterocycles. The minimum absolute atomic E-state index is 0.149. The Kier molecular flexibility index (Phi) is 4.27. The predicted molar refractivity (Wildman–Crippen MR) is 69.2 cm³/mol. The Morgan fingerprint density at radius 1 is 1.53 bits per heavy atom. The van der Waals surface area contributed by atoms with E-state index in [1.54, 1.807) is 25.1 Å². The molecule has 1 heterocycles. The van der Waals surface area contributed by atoms with Crippen LogP contribution in [-0.4, -0.2) is 31.1 Å². The predicted octanol–water partition coefficient (Wildman–Crippen LogP) is 1.32. The zero-order chi connectivity index (χ0) is 13.8. The van der Waals surface area contributed by atoms with Crippen LogP contribution in [0.5, 0.6) is 5.75 Å². The third-order valence-corrected chi connectivity index (χ3v) is 2.94. The van der Waals surface area contributed by atoms with Crippen molar-refractivity contribution in [1.82, 2.24) is 5.32 Å². The Morgan fingerprint density at radius 2 is 2.32 bits per heavy atom. The first-order valence-corrected chi connectivity index (χ1v) is 6.36. The first-order valence-electron chi connectivity index (χ1n) is 5.98. The molecule has 0 saturated carbocycles. The third-order valence-electron chi connectivity index (χ3n) is 2.70. The summed E-state index contributed by atoms with van der Waals surface area (Å²) in [7, 11) is 0. The first kappa shape index (κ1) is 13.7. The molecule has 1 aromatic rings. The van der Waals surface area contributed by atoms with Crippen LogP contribution in [0.1, 0.15) is 12.5 Å². The Bertz CT molecular complexity index is 503. The molecule has 0 radical (unpaired) electrons. The molecular formula is C13H14ClNO4. The maximum Gasteiger partial charge on any atom is 0.325 e. The van der Waals surface area contributed by atoms with Crippen molar-refractivity contribution in [2.45, 2.75) is 19.4 Å². The molecule has 1 atom stereocenters. The van der Waals surface area contributed by atoms with Crippen LogP contribution in [-0.2, 0) is 20.7 Å². The van der Waals surface area contributed by atoms with Crippen LogP contribution in [0.2, 0.25) is 5.02 Å². The van der Waals surface area contributed by atoms with E-state index in [9.17, 15) is 9.59 Å². The zero-order valence-corrected chi connectivity index (χ0v) is 11.2. The van der Waals surface area contributed by atoms with Gasteiger partial charge in [0.25, 0.3) is 5.91 Å². The number of rotatable bonds is 4. The van der Waals surface area contributed by atoms with Crippen molar-refractivity contribution < 1.29 is 19.1 Å². The standard InChI is InChI=1S/C13H14ClNO4/c1-2-18-12(16)7-15-13(17)11-6-8-5-9(14)3-4-10(8)19-11/h3-5,11H,2,6-7H2,1H3,(H,15,17). The average Bonchev–Trinajstić information content (AvgIpc) is 2.79. The van der Waals surface area contributed by atoms with Gasteiger partial charge in [0.05, 0.1) is 6.61 Å². The molecule has 19 heavy (non-hydrogen) atoms. The van der Waals surface area contributed by atoms with Gasteiger partial charge in [0, 0.05) is 11.4 Å². The summed E-state index contributed by atoms with van der Waals surface area (Å²) in [5, 5.41) is 3.09. The van der Waals surface area contributed by atoms with Gasteiger partial charge in [-0.3, -0.25) is 9.59 Å². The second kappa shape index (κ2) is 5.93. The summed E-state index contributed by atoms with van der Waals surface area (Å²) >= 11 is 5.87. The first-order chi connectivity index (χ1) is 9.10. The van der Waals surface area contributed by atoms with Crippen molar-refractivity contribution >= 4 is 23.5 Å². The number of halogens is 1. The molecule has 1 unspecified atom stereocenters. The Labute approximate surface area is 115 Å². The zero-order valence-electron chi connectivity index (χ0n) is 10.4. The number of fused-ring (bicyclic) bond motifs is 1. The van der Waals surface area contributed by atoms with Gasteiger partial charge in [0.2, 0.25) is 0 Å². The lowest BCUT2D eigenvalue weighted by molar-refractivity contribution is -0.144. The fourth-order valence-electron chi connectivity index (χ4n) is 1.85. The lowest BCUT2D eigenvalue weighted by Crippen LogP contribution is -2.40. The smallest absolute Gasteiger partial charge is 0.325 e. The lowest BCUT2D eigenvalue weighted by Gasteiger charge is -2.10. The average molecular weight is 284 g/mol. The van der Waals surface area contributed by atoms with E-state index in [-0.39, 0.29) is 12.5 Å². The van der Waals surface area contributed by atoms with Crippen LogP contribution in [0.4, 0.5) is 0 Å². The van der Waals surface area contributed by atoms with Gasteiger partial charge in [0.15, 0.2) is 6.10 Å². The minimum Gasteiger partial charge on any atom is -0.480 e. The van der Waals surface area contributed by atoms with Gasteiger partial charge in [0.1, 0.15) is 12.3 Å². The third kappa shape index (κ3) is 3.38.